The van der Waals surface area contributed by atoms with Gasteiger partial charge in [0.1, 0.15) is 17.2 Å². The second-order valence-electron chi connectivity index (χ2n) is 5.83. The lowest BCUT2D eigenvalue weighted by atomic mass is 10.2. The molecule has 0 spiro atoms. The van der Waals surface area contributed by atoms with Crippen molar-refractivity contribution in [3.63, 3.8) is 0 Å². The zero-order valence-corrected chi connectivity index (χ0v) is 14.3. The number of likely N-dealkylation sites (tertiary alicyclic amines) is 1. The maximum absolute atomic E-state index is 12.1. The summed E-state index contributed by atoms with van der Waals surface area (Å²) in [4.78, 5) is 33.2. The molecule has 0 atom stereocenters. The van der Waals surface area contributed by atoms with Crippen LogP contribution in [0.25, 0.3) is 0 Å². The Bertz CT molecular complexity index is 803. The summed E-state index contributed by atoms with van der Waals surface area (Å²) in [5, 5.41) is 9.22. The maximum atomic E-state index is 12.1. The third-order valence-electron chi connectivity index (χ3n) is 3.81. The standard InChI is InChI=1S/C18H19N3O5/c1-2-6-25-13-7-12(18(23)24)8-14(9-13)26-16-11-19-15(10-20-16)17(22)21-4-3-5-21/h7-11H,2-6H2,1H3,(H,23,24). The van der Waals surface area contributed by atoms with Crippen molar-refractivity contribution in [3.05, 3.63) is 41.9 Å². The number of rotatable bonds is 7. The number of aromatic carboxylic acids is 1. The van der Waals surface area contributed by atoms with E-state index in [1.807, 2.05) is 6.92 Å². The zero-order chi connectivity index (χ0) is 18.5. The van der Waals surface area contributed by atoms with Gasteiger partial charge in [-0.25, -0.2) is 14.8 Å². The lowest BCUT2D eigenvalue weighted by molar-refractivity contribution is 0.0643. The Hall–Kier alpha value is -3.16. The highest BCUT2D eigenvalue weighted by atomic mass is 16.5. The Morgan fingerprint density at radius 2 is 1.92 bits per heavy atom. The molecule has 0 radical (unpaired) electrons. The normalized spacial score (nSPS) is 13.0. The molecule has 1 aliphatic rings. The van der Waals surface area contributed by atoms with E-state index in [0.29, 0.717) is 12.4 Å². The first-order valence-corrected chi connectivity index (χ1v) is 8.37. The topological polar surface area (TPSA) is 102 Å². The number of amides is 1. The van der Waals surface area contributed by atoms with E-state index in [1.54, 1.807) is 11.0 Å². The van der Waals surface area contributed by atoms with Gasteiger partial charge in [-0.1, -0.05) is 6.92 Å². The van der Waals surface area contributed by atoms with E-state index in [4.69, 9.17) is 9.47 Å². The average Bonchev–Trinajstić information content (AvgIpc) is 2.59. The molecule has 3 rings (SSSR count). The molecule has 26 heavy (non-hydrogen) atoms. The summed E-state index contributed by atoms with van der Waals surface area (Å²) < 4.78 is 11.1. The van der Waals surface area contributed by atoms with E-state index in [2.05, 4.69) is 9.97 Å². The number of carboxylic acid groups (broad SMARTS) is 1. The number of carboxylic acids is 1. The molecule has 1 fully saturated rings. The molecule has 8 heteroatoms. The van der Waals surface area contributed by atoms with E-state index in [-0.39, 0.29) is 28.8 Å². The number of carbonyl (C=O) groups is 2. The molecule has 1 amide bonds. The molecule has 0 bridgehead atoms. The van der Waals surface area contributed by atoms with Crippen LogP contribution in [0.5, 0.6) is 17.4 Å². The molecule has 1 aromatic carbocycles. The van der Waals surface area contributed by atoms with Gasteiger partial charge < -0.3 is 19.5 Å². The molecular weight excluding hydrogens is 338 g/mol. The van der Waals surface area contributed by atoms with Crippen molar-refractivity contribution in [1.29, 1.82) is 0 Å². The molecule has 0 saturated carbocycles. The minimum atomic E-state index is -1.08. The Balaban J connectivity index is 1.75. The van der Waals surface area contributed by atoms with Gasteiger partial charge in [-0.2, -0.15) is 0 Å². The molecule has 2 aromatic rings. The lowest BCUT2D eigenvalue weighted by Gasteiger charge is -2.30. The van der Waals surface area contributed by atoms with Crippen molar-refractivity contribution < 1.29 is 24.2 Å². The Morgan fingerprint density at radius 1 is 1.15 bits per heavy atom. The first-order valence-electron chi connectivity index (χ1n) is 8.37. The third kappa shape index (κ3) is 4.08. The van der Waals surface area contributed by atoms with Crippen molar-refractivity contribution in [2.75, 3.05) is 19.7 Å². The number of hydrogen-bond donors (Lipinski definition) is 1. The van der Waals surface area contributed by atoms with Crippen molar-refractivity contribution in [3.8, 4) is 17.4 Å². The Labute approximate surface area is 150 Å². The van der Waals surface area contributed by atoms with Gasteiger partial charge in [0.2, 0.25) is 5.88 Å². The van der Waals surface area contributed by atoms with Gasteiger partial charge in [0.05, 0.1) is 24.6 Å². The minimum absolute atomic E-state index is 0.0474. The van der Waals surface area contributed by atoms with E-state index in [0.717, 1.165) is 25.9 Å². The molecule has 1 N–H and O–H groups in total. The van der Waals surface area contributed by atoms with E-state index in [1.165, 1.54) is 24.5 Å². The summed E-state index contributed by atoms with van der Waals surface area (Å²) in [7, 11) is 0. The quantitative estimate of drug-likeness (QED) is 0.812. The fraction of sp³-hybridized carbons (Fsp3) is 0.333. The fourth-order valence-corrected chi connectivity index (χ4v) is 2.34. The van der Waals surface area contributed by atoms with Gasteiger partial charge >= 0.3 is 5.97 Å². The second kappa shape index (κ2) is 7.81. The summed E-state index contributed by atoms with van der Waals surface area (Å²) in [6.07, 6.45) is 4.49. The first-order chi connectivity index (χ1) is 12.6. The first kappa shape index (κ1) is 17.7. The van der Waals surface area contributed by atoms with Gasteiger partial charge in [-0.15, -0.1) is 0 Å². The molecule has 8 nitrogen and oxygen atoms in total. The minimum Gasteiger partial charge on any atom is -0.493 e. The number of aromatic nitrogens is 2. The lowest BCUT2D eigenvalue weighted by Crippen LogP contribution is -2.42. The molecule has 1 saturated heterocycles. The molecule has 136 valence electrons. The number of carbonyl (C=O) groups excluding carboxylic acids is 1. The van der Waals surface area contributed by atoms with Crippen LogP contribution in [0.2, 0.25) is 0 Å². The molecule has 0 unspecified atom stereocenters. The number of hydrogen-bond acceptors (Lipinski definition) is 6. The van der Waals surface area contributed by atoms with Crippen LogP contribution in [0.3, 0.4) is 0 Å². The van der Waals surface area contributed by atoms with Crippen LogP contribution in [0, 0.1) is 0 Å². The van der Waals surface area contributed by atoms with Crippen LogP contribution < -0.4 is 9.47 Å². The number of ether oxygens (including phenoxy) is 2. The van der Waals surface area contributed by atoms with Crippen LogP contribution in [-0.4, -0.2) is 51.5 Å². The summed E-state index contributed by atoms with van der Waals surface area (Å²) in [6, 6.07) is 4.40. The van der Waals surface area contributed by atoms with Gasteiger partial charge in [0, 0.05) is 19.2 Å². The van der Waals surface area contributed by atoms with Gasteiger partial charge in [-0.3, -0.25) is 4.79 Å². The Morgan fingerprint density at radius 3 is 2.50 bits per heavy atom. The number of nitrogens with zero attached hydrogens (tertiary/aromatic N) is 3. The smallest absolute Gasteiger partial charge is 0.335 e. The van der Waals surface area contributed by atoms with Gasteiger partial charge in [-0.05, 0) is 25.0 Å². The predicted octanol–water partition coefficient (Wildman–Crippen LogP) is 2.60. The summed E-state index contributed by atoms with van der Waals surface area (Å²) in [6.45, 7) is 3.90. The van der Waals surface area contributed by atoms with Crippen LogP contribution in [-0.2, 0) is 0 Å². The highest BCUT2D eigenvalue weighted by Gasteiger charge is 2.22. The summed E-state index contributed by atoms with van der Waals surface area (Å²) in [5.41, 5.74) is 0.300. The fourth-order valence-electron chi connectivity index (χ4n) is 2.34. The van der Waals surface area contributed by atoms with Crippen molar-refractivity contribution in [1.82, 2.24) is 14.9 Å². The zero-order valence-electron chi connectivity index (χ0n) is 14.3. The highest BCUT2D eigenvalue weighted by Crippen LogP contribution is 2.27. The SMILES string of the molecule is CCCOc1cc(Oc2cnc(C(=O)N3CCC3)cn2)cc(C(=O)O)c1. The molecule has 1 aromatic heterocycles. The van der Waals surface area contributed by atoms with E-state index >= 15 is 0 Å². The van der Waals surface area contributed by atoms with Crippen molar-refractivity contribution in [2.24, 2.45) is 0 Å². The predicted molar refractivity (Wildman–Crippen MR) is 91.8 cm³/mol. The largest absolute Gasteiger partial charge is 0.493 e. The second-order valence-corrected chi connectivity index (χ2v) is 5.83. The molecular formula is C18H19N3O5. The van der Waals surface area contributed by atoms with Crippen LogP contribution in [0.1, 0.15) is 40.6 Å². The third-order valence-corrected chi connectivity index (χ3v) is 3.81. The van der Waals surface area contributed by atoms with Crippen LogP contribution in [0.15, 0.2) is 30.6 Å². The monoisotopic (exact) mass is 357 g/mol. The molecule has 1 aliphatic heterocycles. The van der Waals surface area contributed by atoms with Gasteiger partial charge in [0.15, 0.2) is 0 Å². The van der Waals surface area contributed by atoms with Crippen molar-refractivity contribution in [2.45, 2.75) is 19.8 Å². The van der Waals surface area contributed by atoms with E-state index in [9.17, 15) is 14.7 Å². The maximum Gasteiger partial charge on any atom is 0.335 e. The summed E-state index contributed by atoms with van der Waals surface area (Å²) >= 11 is 0. The van der Waals surface area contributed by atoms with Crippen LogP contribution in [0.4, 0.5) is 0 Å². The van der Waals surface area contributed by atoms with Crippen LogP contribution >= 0.6 is 0 Å². The van der Waals surface area contributed by atoms with Gasteiger partial charge in [0.25, 0.3) is 5.91 Å². The van der Waals surface area contributed by atoms with Crippen molar-refractivity contribution >= 4 is 11.9 Å². The van der Waals surface area contributed by atoms with E-state index < -0.39 is 5.97 Å². The Kier molecular flexibility index (Phi) is 5.31. The molecule has 0 aliphatic carbocycles. The summed E-state index contributed by atoms with van der Waals surface area (Å²) in [5.74, 6) is -0.405. The average molecular weight is 357 g/mol. The molecule has 2 heterocycles. The highest BCUT2D eigenvalue weighted by molar-refractivity contribution is 5.92. The number of benzene rings is 1.